The van der Waals surface area contributed by atoms with E-state index in [1.807, 2.05) is 0 Å². The van der Waals surface area contributed by atoms with E-state index < -0.39 is 0 Å². The number of aliphatic hydroxyl groups is 1. The highest BCUT2D eigenvalue weighted by Crippen LogP contribution is 2.37. The monoisotopic (exact) mass is 267 g/mol. The van der Waals surface area contributed by atoms with Gasteiger partial charge in [-0.1, -0.05) is 36.4 Å². The van der Waals surface area contributed by atoms with E-state index >= 15 is 0 Å². The molecule has 0 aliphatic carbocycles. The Balaban J connectivity index is 1.64. The summed E-state index contributed by atoms with van der Waals surface area (Å²) in [6, 6.07) is 15.1. The van der Waals surface area contributed by atoms with Gasteiger partial charge < -0.3 is 5.11 Å². The molecular formula is C18H21NO. The zero-order valence-electron chi connectivity index (χ0n) is 11.7. The summed E-state index contributed by atoms with van der Waals surface area (Å²) in [5.41, 5.74) is 1.07. The molecule has 0 radical (unpaired) electrons. The normalized spacial score (nSPS) is 30.6. The summed E-state index contributed by atoms with van der Waals surface area (Å²) in [6.07, 6.45) is 3.46. The largest absolute Gasteiger partial charge is 0.387 e. The summed E-state index contributed by atoms with van der Waals surface area (Å²) < 4.78 is 0. The van der Waals surface area contributed by atoms with Crippen molar-refractivity contribution in [1.82, 2.24) is 4.90 Å². The molecule has 5 rings (SSSR count). The molecule has 3 fully saturated rings. The van der Waals surface area contributed by atoms with Crippen LogP contribution in [0.3, 0.4) is 0 Å². The molecule has 0 amide bonds. The van der Waals surface area contributed by atoms with Crippen LogP contribution in [0.4, 0.5) is 0 Å². The Hall–Kier alpha value is -1.38. The second-order valence-electron chi connectivity index (χ2n) is 6.33. The van der Waals surface area contributed by atoms with Gasteiger partial charge in [0.2, 0.25) is 0 Å². The van der Waals surface area contributed by atoms with Gasteiger partial charge in [0.05, 0.1) is 6.10 Å². The first kappa shape index (κ1) is 12.4. The van der Waals surface area contributed by atoms with Gasteiger partial charge in [-0.05, 0) is 60.7 Å². The minimum absolute atomic E-state index is 0.323. The number of fused-ring (bicyclic) bond motifs is 4. The predicted octanol–water partition coefficient (Wildman–Crippen LogP) is 3.36. The molecule has 2 heteroatoms. The molecule has 20 heavy (non-hydrogen) atoms. The fourth-order valence-corrected chi connectivity index (χ4v) is 3.95. The van der Waals surface area contributed by atoms with E-state index in [0.717, 1.165) is 17.9 Å². The van der Waals surface area contributed by atoms with Crippen LogP contribution in [0, 0.1) is 5.92 Å². The number of hydrogen-bond donors (Lipinski definition) is 1. The lowest BCUT2D eigenvalue weighted by Crippen LogP contribution is -2.51. The third-order valence-electron chi connectivity index (χ3n) is 5.17. The molecule has 2 bridgehead atoms. The zero-order valence-corrected chi connectivity index (χ0v) is 11.7. The predicted molar refractivity (Wildman–Crippen MR) is 81.6 cm³/mol. The number of rotatable bonds is 2. The molecule has 0 spiro atoms. The Morgan fingerprint density at radius 3 is 2.45 bits per heavy atom. The lowest BCUT2D eigenvalue weighted by atomic mass is 9.80. The van der Waals surface area contributed by atoms with Gasteiger partial charge in [0, 0.05) is 6.04 Å². The van der Waals surface area contributed by atoms with E-state index in [1.165, 1.54) is 36.7 Å². The van der Waals surface area contributed by atoms with E-state index in [0.29, 0.717) is 6.04 Å². The minimum atomic E-state index is -0.345. The number of piperidine rings is 3. The zero-order chi connectivity index (χ0) is 13.5. The molecular weight excluding hydrogens is 246 g/mol. The maximum absolute atomic E-state index is 10.8. The number of hydrogen-bond acceptors (Lipinski definition) is 2. The summed E-state index contributed by atoms with van der Waals surface area (Å²) >= 11 is 0. The Morgan fingerprint density at radius 2 is 1.75 bits per heavy atom. The molecule has 104 valence electrons. The maximum atomic E-state index is 10.8. The van der Waals surface area contributed by atoms with Crippen molar-refractivity contribution >= 4 is 10.8 Å². The highest BCUT2D eigenvalue weighted by Gasteiger charge is 2.37. The van der Waals surface area contributed by atoms with Crippen molar-refractivity contribution in [3.05, 3.63) is 48.0 Å². The van der Waals surface area contributed by atoms with Gasteiger partial charge in [-0.25, -0.2) is 0 Å². The summed E-state index contributed by atoms with van der Waals surface area (Å²) in [6.45, 7) is 2.33. The molecule has 3 heterocycles. The van der Waals surface area contributed by atoms with Gasteiger partial charge in [-0.2, -0.15) is 0 Å². The minimum Gasteiger partial charge on any atom is -0.387 e. The van der Waals surface area contributed by atoms with Crippen LogP contribution in [0.1, 0.15) is 30.9 Å². The van der Waals surface area contributed by atoms with Crippen molar-refractivity contribution in [3.8, 4) is 0 Å². The van der Waals surface area contributed by atoms with E-state index in [2.05, 4.69) is 47.4 Å². The summed E-state index contributed by atoms with van der Waals surface area (Å²) in [7, 11) is 0. The van der Waals surface area contributed by atoms with Gasteiger partial charge in [-0.3, -0.25) is 4.90 Å². The first-order chi connectivity index (χ1) is 9.81. The first-order valence-corrected chi connectivity index (χ1v) is 7.72. The molecule has 3 saturated heterocycles. The smallest absolute Gasteiger partial charge is 0.0945 e. The van der Waals surface area contributed by atoms with Gasteiger partial charge in [0.25, 0.3) is 0 Å². The fraction of sp³-hybridized carbons (Fsp3) is 0.444. The molecule has 2 atom stereocenters. The van der Waals surface area contributed by atoms with Crippen molar-refractivity contribution in [3.63, 3.8) is 0 Å². The molecule has 0 unspecified atom stereocenters. The average Bonchev–Trinajstić information content (AvgIpc) is 2.54. The maximum Gasteiger partial charge on any atom is 0.0945 e. The van der Waals surface area contributed by atoms with Crippen molar-refractivity contribution in [2.75, 3.05) is 13.1 Å². The van der Waals surface area contributed by atoms with Crippen LogP contribution in [0.2, 0.25) is 0 Å². The van der Waals surface area contributed by atoms with Gasteiger partial charge >= 0.3 is 0 Å². The second kappa shape index (κ2) is 4.87. The summed E-state index contributed by atoms with van der Waals surface area (Å²) in [4.78, 5) is 2.49. The second-order valence-corrected chi connectivity index (χ2v) is 6.33. The van der Waals surface area contributed by atoms with Crippen molar-refractivity contribution < 1.29 is 5.11 Å². The molecule has 1 N–H and O–H groups in total. The van der Waals surface area contributed by atoms with E-state index in [1.54, 1.807) is 0 Å². The topological polar surface area (TPSA) is 23.5 Å². The fourth-order valence-electron chi connectivity index (χ4n) is 3.95. The van der Waals surface area contributed by atoms with Crippen LogP contribution < -0.4 is 0 Å². The van der Waals surface area contributed by atoms with Crippen LogP contribution in [0.25, 0.3) is 10.8 Å². The molecule has 2 aromatic carbocycles. The Morgan fingerprint density at radius 1 is 1.00 bits per heavy atom. The summed E-state index contributed by atoms with van der Waals surface area (Å²) in [5.74, 6) is 0.833. The van der Waals surface area contributed by atoms with Crippen LogP contribution in [-0.2, 0) is 0 Å². The lowest BCUT2D eigenvalue weighted by molar-refractivity contribution is -0.0268. The Bertz CT molecular complexity index is 616. The first-order valence-electron chi connectivity index (χ1n) is 7.72. The highest BCUT2D eigenvalue weighted by molar-refractivity contribution is 5.83. The van der Waals surface area contributed by atoms with Crippen molar-refractivity contribution in [1.29, 1.82) is 0 Å². The van der Waals surface area contributed by atoms with Crippen LogP contribution >= 0.6 is 0 Å². The number of benzene rings is 2. The molecule has 2 aromatic rings. The molecule has 3 aliphatic rings. The van der Waals surface area contributed by atoms with Gasteiger partial charge in [0.15, 0.2) is 0 Å². The van der Waals surface area contributed by atoms with Gasteiger partial charge in [0.1, 0.15) is 0 Å². The van der Waals surface area contributed by atoms with Crippen LogP contribution in [0.5, 0.6) is 0 Å². The molecule has 2 nitrogen and oxygen atoms in total. The van der Waals surface area contributed by atoms with E-state index in [4.69, 9.17) is 0 Å². The van der Waals surface area contributed by atoms with Crippen LogP contribution in [-0.4, -0.2) is 29.1 Å². The van der Waals surface area contributed by atoms with Gasteiger partial charge in [-0.15, -0.1) is 0 Å². The standard InChI is InChI=1S/C18H21NO/c20-18(17-11-13-7-9-19(17)10-8-13)16-6-5-14-3-1-2-4-15(14)12-16/h1-6,12-13,17-18,20H,7-11H2/t17-,18-/m1/s1. The average molecular weight is 267 g/mol. The Kier molecular flexibility index (Phi) is 3.01. The SMILES string of the molecule is O[C@H](c1ccc2ccccc2c1)[C@H]1CC2CCN1CC2. The van der Waals surface area contributed by atoms with E-state index in [9.17, 15) is 5.11 Å². The number of nitrogens with zero attached hydrogens (tertiary/aromatic N) is 1. The van der Waals surface area contributed by atoms with Crippen molar-refractivity contribution in [2.45, 2.75) is 31.4 Å². The van der Waals surface area contributed by atoms with Crippen molar-refractivity contribution in [2.24, 2.45) is 5.92 Å². The summed E-state index contributed by atoms with van der Waals surface area (Å²) in [5, 5.41) is 13.3. The lowest BCUT2D eigenvalue weighted by Gasteiger charge is -2.47. The highest BCUT2D eigenvalue weighted by atomic mass is 16.3. The number of aliphatic hydroxyl groups excluding tert-OH is 1. The quantitative estimate of drug-likeness (QED) is 0.902. The third kappa shape index (κ3) is 2.04. The van der Waals surface area contributed by atoms with Crippen LogP contribution in [0.15, 0.2) is 42.5 Å². The molecule has 0 aromatic heterocycles. The van der Waals surface area contributed by atoms with E-state index in [-0.39, 0.29) is 6.10 Å². The Labute approximate surface area is 120 Å². The molecule has 0 saturated carbocycles. The third-order valence-corrected chi connectivity index (χ3v) is 5.17. The molecule has 3 aliphatic heterocycles.